The number of carbonyl (C=O) groups is 1. The van der Waals surface area contributed by atoms with Crippen molar-refractivity contribution in [2.75, 3.05) is 23.7 Å². The van der Waals surface area contributed by atoms with Crippen molar-refractivity contribution < 1.29 is 13.2 Å². The smallest absolute Gasteiger partial charge is 0.315 e. The topological polar surface area (TPSA) is 78.5 Å². The van der Waals surface area contributed by atoms with Gasteiger partial charge in [0.25, 0.3) is 0 Å². The summed E-state index contributed by atoms with van der Waals surface area (Å²) < 4.78 is 26.0. The average molecular weight is 353 g/mol. The number of anilines is 1. The van der Waals surface area contributed by atoms with Gasteiger partial charge in [0.2, 0.25) is 10.0 Å². The van der Waals surface area contributed by atoms with Crippen LogP contribution < -0.4 is 14.9 Å². The van der Waals surface area contributed by atoms with Crippen LogP contribution in [0.15, 0.2) is 18.2 Å². The van der Waals surface area contributed by atoms with Gasteiger partial charge < -0.3 is 10.6 Å². The van der Waals surface area contributed by atoms with Gasteiger partial charge in [-0.3, -0.25) is 4.31 Å². The molecule has 0 unspecified atom stereocenters. The summed E-state index contributed by atoms with van der Waals surface area (Å²) in [5, 5.41) is 5.57. The lowest BCUT2D eigenvalue weighted by Gasteiger charge is -2.28. The number of carbonyl (C=O) groups excluding carboxylic acids is 1. The van der Waals surface area contributed by atoms with Crippen molar-refractivity contribution in [3.8, 4) is 0 Å². The Balaban J connectivity index is 2.16. The molecule has 134 valence electrons. The van der Waals surface area contributed by atoms with Gasteiger partial charge in [0.15, 0.2) is 0 Å². The molecule has 7 heteroatoms. The van der Waals surface area contributed by atoms with Gasteiger partial charge in [-0.05, 0) is 36.8 Å². The Bertz CT molecular complexity index is 697. The highest BCUT2D eigenvalue weighted by atomic mass is 32.2. The number of aryl methyl sites for hydroxylation is 1. The molecule has 0 atom stereocenters. The Morgan fingerprint density at radius 2 is 2.00 bits per heavy atom. The second-order valence-corrected chi connectivity index (χ2v) is 8.58. The molecular weight excluding hydrogens is 326 g/mol. The van der Waals surface area contributed by atoms with Crippen LogP contribution in [0.1, 0.15) is 43.7 Å². The lowest BCUT2D eigenvalue weighted by molar-refractivity contribution is 0.241. The third-order valence-electron chi connectivity index (χ3n) is 4.05. The SMILES string of the molecule is Cc1cccc(C(C)C)c1N(CCNC(=O)NC1CC1)S(C)(=O)=O. The second-order valence-electron chi connectivity index (χ2n) is 6.68. The first-order valence-electron chi connectivity index (χ1n) is 8.31. The zero-order valence-electron chi connectivity index (χ0n) is 14.8. The number of benzene rings is 1. The zero-order valence-corrected chi connectivity index (χ0v) is 15.6. The number of nitrogens with one attached hydrogen (secondary N) is 2. The molecule has 2 rings (SSSR count). The van der Waals surface area contributed by atoms with Crippen molar-refractivity contribution in [3.63, 3.8) is 0 Å². The molecule has 24 heavy (non-hydrogen) atoms. The molecular formula is C17H27N3O3S. The van der Waals surface area contributed by atoms with Crippen molar-refractivity contribution in [2.45, 2.75) is 45.6 Å². The molecule has 6 nitrogen and oxygen atoms in total. The molecule has 0 saturated heterocycles. The van der Waals surface area contributed by atoms with Crippen LogP contribution in [0.25, 0.3) is 0 Å². The fourth-order valence-electron chi connectivity index (χ4n) is 2.67. The van der Waals surface area contributed by atoms with E-state index in [1.807, 2.05) is 39.0 Å². The molecule has 0 spiro atoms. The molecule has 1 aromatic rings. The first-order valence-corrected chi connectivity index (χ1v) is 10.2. The summed E-state index contributed by atoms with van der Waals surface area (Å²) in [4.78, 5) is 11.7. The molecule has 0 radical (unpaired) electrons. The van der Waals surface area contributed by atoms with Gasteiger partial charge in [-0.25, -0.2) is 13.2 Å². The molecule has 2 amide bonds. The Labute approximate surface area is 144 Å². The maximum atomic E-state index is 12.3. The molecule has 2 N–H and O–H groups in total. The highest BCUT2D eigenvalue weighted by Crippen LogP contribution is 2.32. The Morgan fingerprint density at radius 1 is 1.33 bits per heavy atom. The van der Waals surface area contributed by atoms with Crippen LogP contribution >= 0.6 is 0 Å². The van der Waals surface area contributed by atoms with E-state index in [9.17, 15) is 13.2 Å². The maximum absolute atomic E-state index is 12.3. The molecule has 1 aliphatic rings. The van der Waals surface area contributed by atoms with Crippen molar-refractivity contribution >= 4 is 21.7 Å². The quantitative estimate of drug-likeness (QED) is 0.790. The number of hydrogen-bond donors (Lipinski definition) is 2. The third kappa shape index (κ3) is 4.87. The minimum absolute atomic E-state index is 0.204. The highest BCUT2D eigenvalue weighted by Gasteiger charge is 2.25. The maximum Gasteiger partial charge on any atom is 0.315 e. The molecule has 0 aromatic heterocycles. The number of para-hydroxylation sites is 1. The van der Waals surface area contributed by atoms with Gasteiger partial charge >= 0.3 is 6.03 Å². The Kier molecular flexibility index (Phi) is 5.74. The van der Waals surface area contributed by atoms with E-state index < -0.39 is 10.0 Å². The normalized spacial score (nSPS) is 14.5. The minimum atomic E-state index is -3.44. The molecule has 1 fully saturated rings. The van der Waals surface area contributed by atoms with E-state index in [0.717, 1.165) is 29.7 Å². The molecule has 0 heterocycles. The number of sulfonamides is 1. The lowest BCUT2D eigenvalue weighted by atomic mass is 9.98. The Hall–Kier alpha value is -1.76. The third-order valence-corrected chi connectivity index (χ3v) is 5.22. The summed E-state index contributed by atoms with van der Waals surface area (Å²) in [7, 11) is -3.44. The lowest BCUT2D eigenvalue weighted by Crippen LogP contribution is -2.43. The van der Waals surface area contributed by atoms with Crippen molar-refractivity contribution in [2.24, 2.45) is 0 Å². The molecule has 1 aromatic carbocycles. The van der Waals surface area contributed by atoms with Crippen LogP contribution in [-0.4, -0.2) is 39.8 Å². The predicted octanol–water partition coefficient (Wildman–Crippen LogP) is 2.35. The van der Waals surface area contributed by atoms with Crippen LogP contribution in [0.3, 0.4) is 0 Å². The summed E-state index contributed by atoms with van der Waals surface area (Å²) in [5.41, 5.74) is 2.62. The number of amides is 2. The van der Waals surface area contributed by atoms with Gasteiger partial charge in [0.05, 0.1) is 18.5 Å². The monoisotopic (exact) mass is 353 g/mol. The second kappa shape index (κ2) is 7.42. The number of urea groups is 1. The van der Waals surface area contributed by atoms with Crippen LogP contribution in [0, 0.1) is 6.92 Å². The van der Waals surface area contributed by atoms with Crippen molar-refractivity contribution in [1.82, 2.24) is 10.6 Å². The molecule has 0 aliphatic heterocycles. The van der Waals surface area contributed by atoms with Gasteiger partial charge in [0, 0.05) is 12.6 Å². The van der Waals surface area contributed by atoms with Crippen LogP contribution in [-0.2, 0) is 10.0 Å². The van der Waals surface area contributed by atoms with Crippen LogP contribution in [0.5, 0.6) is 0 Å². The predicted molar refractivity (Wildman–Crippen MR) is 97.0 cm³/mol. The largest absolute Gasteiger partial charge is 0.336 e. The molecule has 1 saturated carbocycles. The summed E-state index contributed by atoms with van der Waals surface area (Å²) >= 11 is 0. The summed E-state index contributed by atoms with van der Waals surface area (Å²) in [6, 6.07) is 5.85. The summed E-state index contributed by atoms with van der Waals surface area (Å²) in [6.07, 6.45) is 3.24. The standard InChI is InChI=1S/C17H27N3O3S/c1-12(2)15-7-5-6-13(3)16(15)20(24(4,22)23)11-10-18-17(21)19-14-8-9-14/h5-7,12,14H,8-11H2,1-4H3,(H2,18,19,21). The molecule has 0 bridgehead atoms. The Morgan fingerprint density at radius 3 is 2.54 bits per heavy atom. The first kappa shape index (κ1) is 18.6. The number of hydrogen-bond acceptors (Lipinski definition) is 3. The van der Waals surface area contributed by atoms with Gasteiger partial charge in [-0.1, -0.05) is 32.0 Å². The van der Waals surface area contributed by atoms with Crippen LogP contribution in [0.4, 0.5) is 10.5 Å². The fraction of sp³-hybridized carbons (Fsp3) is 0.588. The first-order chi connectivity index (χ1) is 11.2. The van der Waals surface area contributed by atoms with E-state index in [1.54, 1.807) is 0 Å². The number of nitrogens with zero attached hydrogens (tertiary/aromatic N) is 1. The minimum Gasteiger partial charge on any atom is -0.336 e. The van der Waals surface area contributed by atoms with E-state index in [2.05, 4.69) is 10.6 Å². The summed E-state index contributed by atoms with van der Waals surface area (Å²) in [6.45, 7) is 6.46. The fourth-order valence-corrected chi connectivity index (χ4v) is 3.67. The zero-order chi connectivity index (χ0) is 17.9. The van der Waals surface area contributed by atoms with Gasteiger partial charge in [-0.15, -0.1) is 0 Å². The molecule has 1 aliphatic carbocycles. The van der Waals surface area contributed by atoms with E-state index in [4.69, 9.17) is 0 Å². The van der Waals surface area contributed by atoms with E-state index in [0.29, 0.717) is 0 Å². The van der Waals surface area contributed by atoms with Crippen molar-refractivity contribution in [3.05, 3.63) is 29.3 Å². The summed E-state index contributed by atoms with van der Waals surface area (Å²) in [5.74, 6) is 0.204. The highest BCUT2D eigenvalue weighted by molar-refractivity contribution is 7.92. The van der Waals surface area contributed by atoms with E-state index in [-0.39, 0.29) is 31.1 Å². The van der Waals surface area contributed by atoms with Gasteiger partial charge in [-0.2, -0.15) is 0 Å². The van der Waals surface area contributed by atoms with Gasteiger partial charge in [0.1, 0.15) is 0 Å². The number of rotatable bonds is 7. The van der Waals surface area contributed by atoms with Crippen LogP contribution in [0.2, 0.25) is 0 Å². The average Bonchev–Trinajstić information content (AvgIpc) is 3.26. The van der Waals surface area contributed by atoms with E-state index in [1.165, 1.54) is 10.6 Å². The van der Waals surface area contributed by atoms with Crippen molar-refractivity contribution in [1.29, 1.82) is 0 Å². The van der Waals surface area contributed by atoms with E-state index >= 15 is 0 Å².